The number of hydrogen-bond acceptors (Lipinski definition) is 2. The molecule has 2 nitrogen and oxygen atoms in total. The molecule has 0 saturated heterocycles. The third-order valence-electron chi connectivity index (χ3n) is 3.02. The molecule has 0 radical (unpaired) electrons. The average molecular weight is 328 g/mol. The smallest absolute Gasteiger partial charge is 0.148 e. The normalized spacial score (nSPS) is 12.2. The first kappa shape index (κ1) is 16.1. The van der Waals surface area contributed by atoms with E-state index in [4.69, 9.17) is 33.7 Å². The molecular weight excluding hydrogens is 312 g/mol. The van der Waals surface area contributed by atoms with Crippen molar-refractivity contribution in [1.29, 1.82) is 0 Å². The number of halogens is 3. The van der Waals surface area contributed by atoms with Crippen LogP contribution in [0.2, 0.25) is 10.0 Å². The molecule has 0 amide bonds. The van der Waals surface area contributed by atoms with Crippen LogP contribution in [-0.4, -0.2) is 6.04 Å². The van der Waals surface area contributed by atoms with Gasteiger partial charge in [0.2, 0.25) is 0 Å². The first-order chi connectivity index (χ1) is 9.99. The van der Waals surface area contributed by atoms with Crippen molar-refractivity contribution in [2.75, 3.05) is 0 Å². The Bertz CT molecular complexity index is 632. The van der Waals surface area contributed by atoms with Crippen LogP contribution in [-0.2, 0) is 13.0 Å². The number of hydrogen-bond donors (Lipinski definition) is 1. The molecule has 5 heteroatoms. The van der Waals surface area contributed by atoms with Gasteiger partial charge in [0, 0.05) is 22.2 Å². The summed E-state index contributed by atoms with van der Waals surface area (Å²) >= 11 is 11.9. The van der Waals surface area contributed by atoms with Gasteiger partial charge in [0.15, 0.2) is 0 Å². The van der Waals surface area contributed by atoms with Crippen molar-refractivity contribution < 1.29 is 9.13 Å². The van der Waals surface area contributed by atoms with Crippen molar-refractivity contribution in [3.63, 3.8) is 0 Å². The third kappa shape index (κ3) is 4.10. The van der Waals surface area contributed by atoms with Crippen LogP contribution >= 0.6 is 23.2 Å². The van der Waals surface area contributed by atoms with Crippen molar-refractivity contribution >= 4 is 23.2 Å². The highest BCUT2D eigenvalue weighted by molar-refractivity contribution is 6.31. The van der Waals surface area contributed by atoms with Gasteiger partial charge in [-0.2, -0.15) is 0 Å². The minimum absolute atomic E-state index is 0.0462. The van der Waals surface area contributed by atoms with Crippen LogP contribution in [0.1, 0.15) is 18.1 Å². The van der Waals surface area contributed by atoms with Gasteiger partial charge >= 0.3 is 0 Å². The summed E-state index contributed by atoms with van der Waals surface area (Å²) in [6, 6.07) is 10.1. The maximum atomic E-state index is 13.8. The van der Waals surface area contributed by atoms with E-state index in [-0.39, 0.29) is 17.7 Å². The van der Waals surface area contributed by atoms with E-state index in [1.807, 2.05) is 6.92 Å². The number of rotatable bonds is 5. The molecule has 0 aliphatic heterocycles. The van der Waals surface area contributed by atoms with E-state index in [9.17, 15) is 4.39 Å². The lowest BCUT2D eigenvalue weighted by atomic mass is 10.1. The van der Waals surface area contributed by atoms with Crippen molar-refractivity contribution in [1.82, 2.24) is 0 Å². The summed E-state index contributed by atoms with van der Waals surface area (Å²) in [6.07, 6.45) is 0.590. The fraction of sp³-hybridized carbons (Fsp3) is 0.250. The van der Waals surface area contributed by atoms with Crippen molar-refractivity contribution in [3.8, 4) is 5.75 Å². The van der Waals surface area contributed by atoms with Crippen LogP contribution in [0.4, 0.5) is 4.39 Å². The molecule has 112 valence electrons. The maximum Gasteiger partial charge on any atom is 0.148 e. The highest BCUT2D eigenvalue weighted by atomic mass is 35.5. The Hall–Kier alpha value is -1.29. The second kappa shape index (κ2) is 7.12. The Kier molecular flexibility index (Phi) is 5.45. The summed E-state index contributed by atoms with van der Waals surface area (Å²) in [7, 11) is 0. The molecule has 0 aromatic heterocycles. The molecule has 2 aromatic rings. The lowest BCUT2D eigenvalue weighted by molar-refractivity contribution is 0.296. The van der Waals surface area contributed by atoms with Gasteiger partial charge < -0.3 is 10.5 Å². The van der Waals surface area contributed by atoms with E-state index in [0.29, 0.717) is 22.8 Å². The average Bonchev–Trinajstić information content (AvgIpc) is 2.43. The second-order valence-corrected chi connectivity index (χ2v) is 5.71. The Labute approximate surface area is 133 Å². The largest absolute Gasteiger partial charge is 0.488 e. The SMILES string of the molecule is CC(N)Cc1c(Cl)cccc1OCc1cccc(Cl)c1F. The molecule has 2 N–H and O–H groups in total. The quantitative estimate of drug-likeness (QED) is 0.870. The van der Waals surface area contributed by atoms with Gasteiger partial charge in [-0.3, -0.25) is 0 Å². The van der Waals surface area contributed by atoms with Crippen LogP contribution in [0, 0.1) is 5.82 Å². The van der Waals surface area contributed by atoms with E-state index in [2.05, 4.69) is 0 Å². The zero-order valence-corrected chi connectivity index (χ0v) is 13.1. The summed E-state index contributed by atoms with van der Waals surface area (Å²) < 4.78 is 19.5. The first-order valence-electron chi connectivity index (χ1n) is 6.57. The van der Waals surface area contributed by atoms with Crippen molar-refractivity contribution in [3.05, 3.63) is 63.4 Å². The van der Waals surface area contributed by atoms with Gasteiger partial charge in [-0.15, -0.1) is 0 Å². The molecular formula is C16H16Cl2FNO. The Balaban J connectivity index is 2.20. The summed E-state index contributed by atoms with van der Waals surface area (Å²) in [5.74, 6) is 0.147. The topological polar surface area (TPSA) is 35.2 Å². The lowest BCUT2D eigenvalue weighted by Gasteiger charge is -2.15. The molecule has 0 heterocycles. The van der Waals surface area contributed by atoms with Gasteiger partial charge in [-0.1, -0.05) is 41.4 Å². The summed E-state index contributed by atoms with van der Waals surface area (Å²) in [6.45, 7) is 1.97. The fourth-order valence-corrected chi connectivity index (χ4v) is 2.45. The monoisotopic (exact) mass is 327 g/mol. The summed E-state index contributed by atoms with van der Waals surface area (Å²) in [5, 5.41) is 0.675. The standard InChI is InChI=1S/C16H16Cl2FNO/c1-10(20)8-12-13(17)5-3-7-15(12)21-9-11-4-2-6-14(18)16(11)19/h2-7,10H,8-9,20H2,1H3. The molecule has 0 aliphatic carbocycles. The molecule has 1 atom stereocenters. The molecule has 0 aliphatic rings. The van der Waals surface area contributed by atoms with E-state index in [1.165, 1.54) is 6.07 Å². The Morgan fingerprint density at radius 2 is 1.81 bits per heavy atom. The van der Waals surface area contributed by atoms with Crippen molar-refractivity contribution in [2.24, 2.45) is 5.73 Å². The second-order valence-electron chi connectivity index (χ2n) is 4.90. The van der Waals surface area contributed by atoms with Gasteiger partial charge in [-0.25, -0.2) is 4.39 Å². The maximum absolute atomic E-state index is 13.8. The van der Waals surface area contributed by atoms with Crippen LogP contribution in [0.15, 0.2) is 36.4 Å². The minimum Gasteiger partial charge on any atom is -0.488 e. The van der Waals surface area contributed by atoms with E-state index >= 15 is 0 Å². The van der Waals surface area contributed by atoms with Gasteiger partial charge in [-0.05, 0) is 31.5 Å². The predicted molar refractivity (Wildman–Crippen MR) is 84.5 cm³/mol. The Morgan fingerprint density at radius 1 is 1.14 bits per heavy atom. The number of nitrogens with two attached hydrogens (primary N) is 1. The molecule has 0 spiro atoms. The fourth-order valence-electron chi connectivity index (χ4n) is 2.01. The molecule has 2 aromatic carbocycles. The molecule has 1 unspecified atom stereocenters. The van der Waals surface area contributed by atoms with Crippen LogP contribution < -0.4 is 10.5 Å². The first-order valence-corrected chi connectivity index (χ1v) is 7.33. The predicted octanol–water partition coefficient (Wildman–Crippen LogP) is 4.60. The van der Waals surface area contributed by atoms with Gasteiger partial charge in [0.1, 0.15) is 18.2 Å². The molecule has 21 heavy (non-hydrogen) atoms. The van der Waals surface area contributed by atoms with E-state index in [0.717, 1.165) is 5.56 Å². The number of benzene rings is 2. The molecule has 0 bridgehead atoms. The van der Waals surface area contributed by atoms with Crippen molar-refractivity contribution in [2.45, 2.75) is 26.0 Å². The minimum atomic E-state index is -0.463. The highest BCUT2D eigenvalue weighted by Gasteiger charge is 2.12. The van der Waals surface area contributed by atoms with Crippen LogP contribution in [0.25, 0.3) is 0 Å². The van der Waals surface area contributed by atoms with E-state index in [1.54, 1.807) is 30.3 Å². The number of ether oxygens (including phenoxy) is 1. The summed E-state index contributed by atoms with van der Waals surface area (Å²) in [4.78, 5) is 0. The highest BCUT2D eigenvalue weighted by Crippen LogP contribution is 2.29. The third-order valence-corrected chi connectivity index (χ3v) is 3.66. The zero-order chi connectivity index (χ0) is 15.4. The lowest BCUT2D eigenvalue weighted by Crippen LogP contribution is -2.18. The van der Waals surface area contributed by atoms with Crippen LogP contribution in [0.5, 0.6) is 5.75 Å². The molecule has 0 fully saturated rings. The summed E-state index contributed by atoms with van der Waals surface area (Å²) in [5.41, 5.74) is 7.05. The van der Waals surface area contributed by atoms with Crippen LogP contribution in [0.3, 0.4) is 0 Å². The van der Waals surface area contributed by atoms with E-state index < -0.39 is 5.82 Å². The van der Waals surface area contributed by atoms with Gasteiger partial charge in [0.25, 0.3) is 0 Å². The molecule has 2 rings (SSSR count). The zero-order valence-electron chi connectivity index (χ0n) is 11.6. The molecule has 0 saturated carbocycles. The van der Waals surface area contributed by atoms with Gasteiger partial charge in [0.05, 0.1) is 5.02 Å². The Morgan fingerprint density at radius 3 is 2.52 bits per heavy atom.